The number of thiazole rings is 1. The highest BCUT2D eigenvalue weighted by Gasteiger charge is 2.22. The van der Waals surface area contributed by atoms with Gasteiger partial charge in [0, 0.05) is 23.4 Å². The molecule has 0 fully saturated rings. The minimum atomic E-state index is -0.158. The van der Waals surface area contributed by atoms with Gasteiger partial charge in [-0.3, -0.25) is 14.5 Å². The molecule has 2 aromatic rings. The molecule has 1 aromatic carbocycles. The molecular formula is C21H24N2O3S. The van der Waals surface area contributed by atoms with E-state index < -0.39 is 0 Å². The van der Waals surface area contributed by atoms with Crippen LogP contribution >= 0.6 is 11.3 Å². The lowest BCUT2D eigenvalue weighted by atomic mass is 10.0. The summed E-state index contributed by atoms with van der Waals surface area (Å²) in [7, 11) is 0. The van der Waals surface area contributed by atoms with E-state index in [0.717, 1.165) is 30.1 Å². The molecule has 0 radical (unpaired) electrons. The molecule has 0 aliphatic heterocycles. The summed E-state index contributed by atoms with van der Waals surface area (Å²) in [4.78, 5) is 32.0. The first-order valence-electron chi connectivity index (χ1n) is 9.28. The summed E-state index contributed by atoms with van der Waals surface area (Å²) in [5.41, 5.74) is 1.78. The largest absolute Gasteiger partial charge is 0.484 e. The van der Waals surface area contributed by atoms with Gasteiger partial charge in [0.05, 0.1) is 5.69 Å². The van der Waals surface area contributed by atoms with E-state index in [0.29, 0.717) is 24.3 Å². The second-order valence-corrected chi connectivity index (χ2v) is 7.52. The molecule has 5 nitrogen and oxygen atoms in total. The first kappa shape index (κ1) is 19.3. The smallest absolute Gasteiger partial charge is 0.266 e. The Morgan fingerprint density at radius 3 is 2.67 bits per heavy atom. The van der Waals surface area contributed by atoms with Crippen molar-refractivity contribution in [2.24, 2.45) is 0 Å². The molecule has 6 heteroatoms. The Hall–Kier alpha value is -2.47. The molecule has 0 saturated carbocycles. The van der Waals surface area contributed by atoms with Gasteiger partial charge in [-0.2, -0.15) is 0 Å². The Morgan fingerprint density at radius 1 is 1.26 bits per heavy atom. The molecule has 3 rings (SSSR count). The van der Waals surface area contributed by atoms with Crippen molar-refractivity contribution in [3.05, 3.63) is 53.1 Å². The number of hydrogen-bond donors (Lipinski definition) is 0. The van der Waals surface area contributed by atoms with Crippen LogP contribution in [0.2, 0.25) is 0 Å². The molecular weight excluding hydrogens is 360 g/mol. The van der Waals surface area contributed by atoms with Crippen molar-refractivity contribution in [2.45, 2.75) is 39.0 Å². The van der Waals surface area contributed by atoms with E-state index in [-0.39, 0.29) is 18.3 Å². The van der Waals surface area contributed by atoms with Gasteiger partial charge in [0.1, 0.15) is 5.75 Å². The van der Waals surface area contributed by atoms with E-state index in [1.807, 2.05) is 6.92 Å². The van der Waals surface area contributed by atoms with E-state index in [1.54, 1.807) is 46.6 Å². The summed E-state index contributed by atoms with van der Waals surface area (Å²) in [5, 5.41) is 0.722. The number of anilines is 1. The molecule has 0 atom stereocenters. The van der Waals surface area contributed by atoms with Gasteiger partial charge in [0.25, 0.3) is 5.91 Å². The summed E-state index contributed by atoms with van der Waals surface area (Å²) >= 11 is 1.59. The van der Waals surface area contributed by atoms with Crippen LogP contribution < -0.4 is 9.64 Å². The first-order chi connectivity index (χ1) is 13.1. The number of aryl methyl sites for hydroxylation is 2. The maximum absolute atomic E-state index is 12.7. The highest BCUT2D eigenvalue weighted by atomic mass is 32.1. The minimum Gasteiger partial charge on any atom is -0.484 e. The molecule has 0 spiro atoms. The number of rotatable bonds is 8. The van der Waals surface area contributed by atoms with Gasteiger partial charge in [0.15, 0.2) is 17.5 Å². The van der Waals surface area contributed by atoms with Crippen molar-refractivity contribution >= 4 is 28.2 Å². The van der Waals surface area contributed by atoms with Gasteiger partial charge in [-0.1, -0.05) is 13.0 Å². The van der Waals surface area contributed by atoms with Crippen LogP contribution in [-0.4, -0.2) is 29.8 Å². The van der Waals surface area contributed by atoms with Gasteiger partial charge < -0.3 is 4.74 Å². The highest BCUT2D eigenvalue weighted by Crippen LogP contribution is 2.32. The van der Waals surface area contributed by atoms with E-state index in [1.165, 1.54) is 11.3 Å². The number of Topliss-reactive ketones (excluding diaryl/α,β-unsaturated/α-hetero) is 1. The fourth-order valence-electron chi connectivity index (χ4n) is 3.03. The van der Waals surface area contributed by atoms with E-state index in [2.05, 4.69) is 11.6 Å². The molecule has 1 amide bonds. The van der Waals surface area contributed by atoms with Gasteiger partial charge in [0.2, 0.25) is 0 Å². The standard InChI is InChI=1S/C21H24N2O3S/c1-3-13-23(21-22-17-7-5-6-8-19(17)27-21)20(25)14-26-16-11-9-15(10-12-16)18(24)4-2/h3,9-12H,1,4-8,13-14H2,2H3. The average Bonchev–Trinajstić information content (AvgIpc) is 3.13. The van der Waals surface area contributed by atoms with Gasteiger partial charge in [-0.05, 0) is 49.9 Å². The molecule has 142 valence electrons. The molecule has 27 heavy (non-hydrogen) atoms. The van der Waals surface area contributed by atoms with Gasteiger partial charge in [-0.15, -0.1) is 17.9 Å². The Kier molecular flexibility index (Phi) is 6.40. The summed E-state index contributed by atoms with van der Waals surface area (Å²) in [6.07, 6.45) is 6.54. The number of aromatic nitrogens is 1. The second kappa shape index (κ2) is 8.95. The number of ketones is 1. The molecule has 0 saturated heterocycles. The monoisotopic (exact) mass is 384 g/mol. The van der Waals surface area contributed by atoms with Crippen LogP contribution in [0.5, 0.6) is 5.75 Å². The van der Waals surface area contributed by atoms with Crippen LogP contribution in [0.25, 0.3) is 0 Å². The average molecular weight is 385 g/mol. The SMILES string of the molecule is C=CCN(C(=O)COc1ccc(C(=O)CC)cc1)c1nc2c(s1)CCCC2. The Balaban J connectivity index is 1.66. The van der Waals surface area contributed by atoms with E-state index in [9.17, 15) is 9.59 Å². The highest BCUT2D eigenvalue weighted by molar-refractivity contribution is 7.16. The maximum Gasteiger partial charge on any atom is 0.266 e. The van der Waals surface area contributed by atoms with Crippen LogP contribution in [0.4, 0.5) is 5.13 Å². The maximum atomic E-state index is 12.7. The predicted molar refractivity (Wildman–Crippen MR) is 108 cm³/mol. The molecule has 1 aliphatic carbocycles. The lowest BCUT2D eigenvalue weighted by molar-refractivity contribution is -0.120. The minimum absolute atomic E-state index is 0.0842. The molecule has 0 N–H and O–H groups in total. The van der Waals surface area contributed by atoms with Crippen molar-refractivity contribution in [3.8, 4) is 5.75 Å². The summed E-state index contributed by atoms with van der Waals surface area (Å²) in [6, 6.07) is 6.89. The normalized spacial score (nSPS) is 12.9. The van der Waals surface area contributed by atoms with Crippen molar-refractivity contribution in [2.75, 3.05) is 18.1 Å². The number of hydrogen-bond acceptors (Lipinski definition) is 5. The number of nitrogens with zero attached hydrogens (tertiary/aromatic N) is 2. The zero-order chi connectivity index (χ0) is 19.2. The topological polar surface area (TPSA) is 59.5 Å². The molecule has 1 heterocycles. The van der Waals surface area contributed by atoms with Crippen molar-refractivity contribution in [1.82, 2.24) is 4.98 Å². The summed E-state index contributed by atoms with van der Waals surface area (Å²) in [6.45, 7) is 5.90. The zero-order valence-corrected chi connectivity index (χ0v) is 16.4. The number of fused-ring (bicyclic) bond motifs is 1. The predicted octanol–water partition coefficient (Wildman–Crippen LogP) is 4.21. The fourth-order valence-corrected chi connectivity index (χ4v) is 4.21. The Bertz CT molecular complexity index is 803. The van der Waals surface area contributed by atoms with Crippen LogP contribution in [0.3, 0.4) is 0 Å². The van der Waals surface area contributed by atoms with Crippen molar-refractivity contribution < 1.29 is 14.3 Å². The van der Waals surface area contributed by atoms with Gasteiger partial charge >= 0.3 is 0 Å². The third kappa shape index (κ3) is 4.63. The number of carbonyl (C=O) groups excluding carboxylic acids is 2. The third-order valence-corrected chi connectivity index (χ3v) is 5.72. The molecule has 1 aromatic heterocycles. The zero-order valence-electron chi connectivity index (χ0n) is 15.6. The lowest BCUT2D eigenvalue weighted by Crippen LogP contribution is -2.35. The number of carbonyl (C=O) groups is 2. The van der Waals surface area contributed by atoms with Gasteiger partial charge in [-0.25, -0.2) is 4.98 Å². The van der Waals surface area contributed by atoms with E-state index >= 15 is 0 Å². The van der Waals surface area contributed by atoms with Crippen molar-refractivity contribution in [1.29, 1.82) is 0 Å². The Morgan fingerprint density at radius 2 is 2.00 bits per heavy atom. The number of ether oxygens (including phenoxy) is 1. The fraction of sp³-hybridized carbons (Fsp3) is 0.381. The molecule has 1 aliphatic rings. The van der Waals surface area contributed by atoms with Crippen LogP contribution in [0.15, 0.2) is 36.9 Å². The van der Waals surface area contributed by atoms with Crippen LogP contribution in [0.1, 0.15) is 47.1 Å². The number of amides is 1. The van der Waals surface area contributed by atoms with E-state index in [4.69, 9.17) is 4.74 Å². The summed E-state index contributed by atoms with van der Waals surface area (Å²) < 4.78 is 5.63. The van der Waals surface area contributed by atoms with Crippen LogP contribution in [0, 0.1) is 0 Å². The molecule has 0 bridgehead atoms. The van der Waals surface area contributed by atoms with Crippen LogP contribution in [-0.2, 0) is 17.6 Å². The Labute approximate surface area is 163 Å². The quantitative estimate of drug-likeness (QED) is 0.505. The molecule has 0 unspecified atom stereocenters. The second-order valence-electron chi connectivity index (χ2n) is 6.46. The lowest BCUT2D eigenvalue weighted by Gasteiger charge is -2.18. The van der Waals surface area contributed by atoms with Crippen molar-refractivity contribution in [3.63, 3.8) is 0 Å². The summed E-state index contributed by atoms with van der Waals surface area (Å²) in [5.74, 6) is 0.491. The first-order valence-corrected chi connectivity index (χ1v) is 10.1. The third-order valence-electron chi connectivity index (χ3n) is 4.54. The number of benzene rings is 1.